The van der Waals surface area contributed by atoms with Crippen LogP contribution in [0.3, 0.4) is 0 Å². The van der Waals surface area contributed by atoms with Crippen LogP contribution in [0.5, 0.6) is 5.75 Å². The lowest BCUT2D eigenvalue weighted by atomic mass is 9.97. The van der Waals surface area contributed by atoms with Gasteiger partial charge in [0.1, 0.15) is 28.8 Å². The molecule has 0 aliphatic carbocycles. The molecular formula is C31H18F8OS. The Morgan fingerprint density at radius 1 is 0.610 bits per heavy atom. The van der Waals surface area contributed by atoms with E-state index in [2.05, 4.69) is 17.7 Å². The van der Waals surface area contributed by atoms with Crippen LogP contribution in [0.2, 0.25) is 0 Å². The predicted octanol–water partition coefficient (Wildman–Crippen LogP) is 10.3. The second-order valence-electron chi connectivity index (χ2n) is 9.03. The summed E-state index contributed by atoms with van der Waals surface area (Å²) in [5, 5.41) is 0. The van der Waals surface area contributed by atoms with Gasteiger partial charge < -0.3 is 4.74 Å². The Balaban J connectivity index is 1.40. The Morgan fingerprint density at radius 2 is 1.17 bits per heavy atom. The van der Waals surface area contributed by atoms with Gasteiger partial charge >= 0.3 is 6.11 Å². The van der Waals surface area contributed by atoms with Gasteiger partial charge in [-0.25, -0.2) is 26.3 Å². The highest BCUT2D eigenvalue weighted by Gasteiger charge is 2.41. The summed E-state index contributed by atoms with van der Waals surface area (Å²) in [7, 11) is 0. The van der Waals surface area contributed by atoms with Crippen LogP contribution in [0, 0.1) is 34.9 Å². The Bertz CT molecular complexity index is 1700. The SMILES string of the molecule is CCc1ccc(-c2ccc(-c3ccc(-c4cc(F)c(C(F)(F)Oc5cc(F)c(F)c(F)c5)c(F)c4)c(F)c3)cc2)s1. The van der Waals surface area contributed by atoms with Crippen molar-refractivity contribution < 1.29 is 39.9 Å². The number of benzene rings is 4. The first-order valence-corrected chi connectivity index (χ1v) is 13.0. The molecule has 0 fully saturated rings. The lowest BCUT2D eigenvalue weighted by Crippen LogP contribution is -2.25. The highest BCUT2D eigenvalue weighted by Crippen LogP contribution is 2.39. The molecule has 1 nitrogen and oxygen atoms in total. The van der Waals surface area contributed by atoms with Crippen LogP contribution in [0.25, 0.3) is 32.7 Å². The molecule has 0 spiro atoms. The lowest BCUT2D eigenvalue weighted by molar-refractivity contribution is -0.189. The molecule has 0 amide bonds. The highest BCUT2D eigenvalue weighted by atomic mass is 32.1. The van der Waals surface area contributed by atoms with Gasteiger partial charge in [0.15, 0.2) is 17.5 Å². The molecule has 0 atom stereocenters. The molecule has 0 unspecified atom stereocenters. The molecule has 210 valence electrons. The normalized spacial score (nSPS) is 11.6. The first-order chi connectivity index (χ1) is 19.5. The molecule has 1 aromatic heterocycles. The average molecular weight is 591 g/mol. The molecule has 0 aliphatic rings. The van der Waals surface area contributed by atoms with Gasteiger partial charge in [-0.1, -0.05) is 43.3 Å². The van der Waals surface area contributed by atoms with Gasteiger partial charge in [0.25, 0.3) is 0 Å². The van der Waals surface area contributed by atoms with Gasteiger partial charge in [-0.2, -0.15) is 8.78 Å². The van der Waals surface area contributed by atoms with Crippen LogP contribution in [-0.4, -0.2) is 0 Å². The van der Waals surface area contributed by atoms with E-state index in [1.54, 1.807) is 11.3 Å². The fraction of sp³-hybridized carbons (Fsp3) is 0.0968. The third-order valence-corrected chi connectivity index (χ3v) is 7.61. The molecule has 0 N–H and O–H groups in total. The second kappa shape index (κ2) is 11.0. The molecule has 1 heterocycles. The Morgan fingerprint density at radius 3 is 1.73 bits per heavy atom. The standard InChI is InChI=1S/C31H18F8OS/c1-2-21-8-10-28(41-21)17-5-3-16(4-6-17)18-7-9-22(23(32)11-18)19-12-24(33)29(25(34)13-19)31(38,39)40-20-14-26(35)30(37)27(36)15-20/h3-15H,2H2,1H3. The quantitative estimate of drug-likeness (QED) is 0.135. The molecule has 0 bridgehead atoms. The van der Waals surface area contributed by atoms with Crippen molar-refractivity contribution in [2.75, 3.05) is 0 Å². The van der Waals surface area contributed by atoms with Crippen molar-refractivity contribution in [3.63, 3.8) is 0 Å². The summed E-state index contributed by atoms with van der Waals surface area (Å²) < 4.78 is 118. The summed E-state index contributed by atoms with van der Waals surface area (Å²) in [5.41, 5.74) is -0.342. The van der Waals surface area contributed by atoms with Crippen LogP contribution < -0.4 is 4.74 Å². The van der Waals surface area contributed by atoms with Crippen LogP contribution in [0.1, 0.15) is 17.4 Å². The molecule has 0 aliphatic heterocycles. The van der Waals surface area contributed by atoms with E-state index < -0.39 is 52.3 Å². The number of halogens is 8. The van der Waals surface area contributed by atoms with Crippen molar-refractivity contribution in [3.8, 4) is 38.4 Å². The van der Waals surface area contributed by atoms with Crippen molar-refractivity contribution in [2.45, 2.75) is 19.5 Å². The largest absolute Gasteiger partial charge is 0.432 e. The number of rotatable bonds is 7. The van der Waals surface area contributed by atoms with Gasteiger partial charge in [-0.05, 0) is 59.0 Å². The van der Waals surface area contributed by atoms with E-state index in [0.29, 0.717) is 23.3 Å². The van der Waals surface area contributed by atoms with E-state index in [4.69, 9.17) is 0 Å². The minimum absolute atomic E-state index is 0.103. The molecule has 10 heteroatoms. The van der Waals surface area contributed by atoms with Crippen LogP contribution in [0.4, 0.5) is 35.1 Å². The van der Waals surface area contributed by atoms with E-state index in [1.165, 1.54) is 17.0 Å². The van der Waals surface area contributed by atoms with Crippen LogP contribution in [0.15, 0.2) is 78.9 Å². The van der Waals surface area contributed by atoms with Gasteiger partial charge in [0.05, 0.1) is 0 Å². The minimum atomic E-state index is -4.75. The lowest BCUT2D eigenvalue weighted by Gasteiger charge is -2.20. The van der Waals surface area contributed by atoms with Crippen LogP contribution in [-0.2, 0) is 12.5 Å². The molecular weight excluding hydrogens is 572 g/mol. The maximum absolute atomic E-state index is 15.1. The zero-order valence-corrected chi connectivity index (χ0v) is 21.9. The summed E-state index contributed by atoms with van der Waals surface area (Å²) >= 11 is 1.68. The number of aryl methyl sites for hydroxylation is 1. The predicted molar refractivity (Wildman–Crippen MR) is 141 cm³/mol. The zero-order chi connectivity index (χ0) is 29.5. The van der Waals surface area contributed by atoms with Crippen molar-refractivity contribution in [3.05, 3.63) is 124 Å². The third kappa shape index (κ3) is 5.69. The van der Waals surface area contributed by atoms with Crippen molar-refractivity contribution in [1.29, 1.82) is 0 Å². The van der Waals surface area contributed by atoms with E-state index in [9.17, 15) is 30.7 Å². The average Bonchev–Trinajstić information content (AvgIpc) is 3.40. The molecule has 5 aromatic rings. The van der Waals surface area contributed by atoms with Crippen molar-refractivity contribution in [1.82, 2.24) is 0 Å². The smallest absolute Gasteiger partial charge is 0.429 e. The summed E-state index contributed by atoms with van der Waals surface area (Å²) in [6, 6.07) is 16.6. The molecule has 0 radical (unpaired) electrons. The third-order valence-electron chi connectivity index (χ3n) is 6.33. The summed E-state index contributed by atoms with van der Waals surface area (Å²) in [4.78, 5) is 2.34. The van der Waals surface area contributed by atoms with Crippen molar-refractivity contribution >= 4 is 11.3 Å². The maximum atomic E-state index is 15.1. The van der Waals surface area contributed by atoms with Gasteiger partial charge in [-0.15, -0.1) is 11.3 Å². The topological polar surface area (TPSA) is 9.23 Å². The van der Waals surface area contributed by atoms with E-state index >= 15 is 4.39 Å². The fourth-order valence-electron chi connectivity index (χ4n) is 4.28. The summed E-state index contributed by atoms with van der Waals surface area (Å²) in [6.07, 6.45) is -3.82. The molecule has 41 heavy (non-hydrogen) atoms. The molecule has 0 saturated heterocycles. The highest BCUT2D eigenvalue weighted by molar-refractivity contribution is 7.15. The molecule has 5 rings (SSSR count). The Kier molecular flexibility index (Phi) is 7.61. The molecule has 4 aromatic carbocycles. The van der Waals surface area contributed by atoms with Gasteiger partial charge in [-0.3, -0.25) is 0 Å². The van der Waals surface area contributed by atoms with E-state index in [1.807, 2.05) is 30.3 Å². The first kappa shape index (κ1) is 28.4. The summed E-state index contributed by atoms with van der Waals surface area (Å²) in [6.45, 7) is 2.07. The number of thiophene rings is 1. The Hall–Kier alpha value is -4.18. The number of hydrogen-bond acceptors (Lipinski definition) is 2. The fourth-order valence-corrected chi connectivity index (χ4v) is 5.23. The summed E-state index contributed by atoms with van der Waals surface area (Å²) in [5.74, 6) is -11.3. The zero-order valence-electron chi connectivity index (χ0n) is 21.1. The minimum Gasteiger partial charge on any atom is -0.429 e. The Labute approximate surface area is 233 Å². The van der Waals surface area contributed by atoms with Crippen LogP contribution >= 0.6 is 11.3 Å². The second-order valence-corrected chi connectivity index (χ2v) is 10.2. The van der Waals surface area contributed by atoms with E-state index in [-0.39, 0.29) is 23.3 Å². The van der Waals surface area contributed by atoms with E-state index in [0.717, 1.165) is 22.9 Å². The number of ether oxygens (including phenoxy) is 1. The maximum Gasteiger partial charge on any atom is 0.432 e. The first-order valence-electron chi connectivity index (χ1n) is 12.2. The van der Waals surface area contributed by atoms with Crippen molar-refractivity contribution in [2.24, 2.45) is 0 Å². The number of alkyl halides is 2. The van der Waals surface area contributed by atoms with Gasteiger partial charge in [0.2, 0.25) is 0 Å². The molecule has 0 saturated carbocycles. The monoisotopic (exact) mass is 590 g/mol. The van der Waals surface area contributed by atoms with Gasteiger partial charge in [0, 0.05) is 27.5 Å². The number of hydrogen-bond donors (Lipinski definition) is 0.